The number of carbonyl (C=O) groups is 2. The van der Waals surface area contributed by atoms with Gasteiger partial charge in [0.1, 0.15) is 5.69 Å². The average Bonchev–Trinajstić information content (AvgIpc) is 2.45. The lowest BCUT2D eigenvalue weighted by molar-refractivity contribution is -0.137. The summed E-state index contributed by atoms with van der Waals surface area (Å²) in [5.74, 6) is -0.815. The van der Waals surface area contributed by atoms with Crippen molar-refractivity contribution in [2.24, 2.45) is 0 Å². The van der Waals surface area contributed by atoms with E-state index in [1.807, 2.05) is 0 Å². The van der Waals surface area contributed by atoms with Crippen LogP contribution in [0.25, 0.3) is 0 Å². The summed E-state index contributed by atoms with van der Waals surface area (Å²) in [5, 5.41) is 12.4. The van der Waals surface area contributed by atoms with Gasteiger partial charge in [0.2, 0.25) is 0 Å². The molecule has 5 heteroatoms. The zero-order chi connectivity index (χ0) is 10.6. The Morgan fingerprint density at radius 3 is 2.93 bits per heavy atom. The van der Waals surface area contributed by atoms with Crippen molar-refractivity contribution in [1.29, 1.82) is 0 Å². The number of aryl methyl sites for hydroxylation is 2. The second-order valence-corrected chi connectivity index (χ2v) is 3.08. The Balaban J connectivity index is 2.51. The molecule has 0 aliphatic heterocycles. The summed E-state index contributed by atoms with van der Waals surface area (Å²) in [7, 11) is 0. The molecule has 1 aromatic rings. The molecule has 0 radical (unpaired) electrons. The first-order chi connectivity index (χ1) is 6.63. The van der Waals surface area contributed by atoms with E-state index in [4.69, 9.17) is 5.11 Å². The van der Waals surface area contributed by atoms with Crippen LogP contribution in [0.15, 0.2) is 6.20 Å². The molecule has 0 aliphatic carbocycles. The van der Waals surface area contributed by atoms with Gasteiger partial charge in [-0.05, 0) is 18.9 Å². The summed E-state index contributed by atoms with van der Waals surface area (Å²) in [6.45, 7) is 2.32. The normalized spacial score (nSPS) is 10.1. The molecule has 1 heterocycles. The van der Waals surface area contributed by atoms with Gasteiger partial charge in [-0.15, -0.1) is 0 Å². The second kappa shape index (κ2) is 4.55. The fourth-order valence-corrected chi connectivity index (χ4v) is 1.16. The molecule has 0 amide bonds. The minimum atomic E-state index is -0.815. The molecule has 0 saturated heterocycles. The summed E-state index contributed by atoms with van der Waals surface area (Å²) in [4.78, 5) is 20.7. The van der Waals surface area contributed by atoms with Gasteiger partial charge in [0.05, 0.1) is 0 Å². The first-order valence-corrected chi connectivity index (χ1v) is 4.34. The lowest BCUT2D eigenvalue weighted by Crippen LogP contribution is -2.02. The number of carboxylic acids is 1. The topological polar surface area (TPSA) is 72.2 Å². The van der Waals surface area contributed by atoms with Crippen LogP contribution in [0.5, 0.6) is 0 Å². The van der Waals surface area contributed by atoms with Gasteiger partial charge < -0.3 is 5.11 Å². The van der Waals surface area contributed by atoms with Crippen LogP contribution < -0.4 is 0 Å². The average molecular weight is 196 g/mol. The van der Waals surface area contributed by atoms with Gasteiger partial charge >= 0.3 is 5.97 Å². The highest BCUT2D eigenvalue weighted by Gasteiger charge is 2.03. The largest absolute Gasteiger partial charge is 0.481 e. The van der Waals surface area contributed by atoms with Crippen LogP contribution in [0.3, 0.4) is 0 Å². The number of aldehydes is 1. The van der Waals surface area contributed by atoms with E-state index in [0.717, 1.165) is 5.56 Å². The summed E-state index contributed by atoms with van der Waals surface area (Å²) in [6, 6.07) is 0. The molecule has 76 valence electrons. The smallest absolute Gasteiger partial charge is 0.303 e. The molecule has 0 aliphatic rings. The molecule has 0 fully saturated rings. The van der Waals surface area contributed by atoms with E-state index in [1.165, 1.54) is 0 Å². The number of carboxylic acid groups (broad SMARTS) is 1. The maximum absolute atomic E-state index is 10.5. The highest BCUT2D eigenvalue weighted by molar-refractivity contribution is 5.73. The number of hydrogen-bond donors (Lipinski definition) is 1. The lowest BCUT2D eigenvalue weighted by atomic mass is 10.3. The standard InChI is InChI=1S/C9H12N2O3/c1-7-5-11(10-8(7)6-12)4-2-3-9(13)14/h5-6H,2-4H2,1H3,(H,13,14). The Kier molecular flexibility index (Phi) is 3.39. The third-order valence-corrected chi connectivity index (χ3v) is 1.87. The highest BCUT2D eigenvalue weighted by Crippen LogP contribution is 2.03. The predicted octanol–water partition coefficient (Wildman–Crippen LogP) is 0.869. The molecule has 5 nitrogen and oxygen atoms in total. The van der Waals surface area contributed by atoms with Gasteiger partial charge in [-0.3, -0.25) is 14.3 Å². The van der Waals surface area contributed by atoms with Crippen LogP contribution in [0, 0.1) is 6.92 Å². The number of rotatable bonds is 5. The van der Waals surface area contributed by atoms with Crippen molar-refractivity contribution in [2.45, 2.75) is 26.3 Å². The van der Waals surface area contributed by atoms with Crippen LogP contribution in [0.2, 0.25) is 0 Å². The Labute approximate surface area is 81.3 Å². The zero-order valence-corrected chi connectivity index (χ0v) is 7.93. The van der Waals surface area contributed by atoms with Gasteiger partial charge in [-0.1, -0.05) is 0 Å². The number of nitrogens with zero attached hydrogens (tertiary/aromatic N) is 2. The maximum atomic E-state index is 10.5. The third kappa shape index (κ3) is 2.69. The number of hydrogen-bond acceptors (Lipinski definition) is 3. The Bertz CT molecular complexity index is 344. The quantitative estimate of drug-likeness (QED) is 0.709. The Hall–Kier alpha value is -1.65. The first-order valence-electron chi connectivity index (χ1n) is 4.34. The van der Waals surface area contributed by atoms with Gasteiger partial charge in [0, 0.05) is 19.2 Å². The molecular weight excluding hydrogens is 184 g/mol. The van der Waals surface area contributed by atoms with Gasteiger partial charge in [0.25, 0.3) is 0 Å². The third-order valence-electron chi connectivity index (χ3n) is 1.87. The van der Waals surface area contributed by atoms with Crippen LogP contribution in [-0.2, 0) is 11.3 Å². The molecule has 0 unspecified atom stereocenters. The minimum Gasteiger partial charge on any atom is -0.481 e. The van der Waals surface area contributed by atoms with E-state index in [9.17, 15) is 9.59 Å². The van der Waals surface area contributed by atoms with Crippen molar-refractivity contribution in [2.75, 3.05) is 0 Å². The fraction of sp³-hybridized carbons (Fsp3) is 0.444. The number of aromatic nitrogens is 2. The fourth-order valence-electron chi connectivity index (χ4n) is 1.16. The van der Waals surface area contributed by atoms with E-state index < -0.39 is 5.97 Å². The van der Waals surface area contributed by atoms with Crippen LogP contribution in [0.4, 0.5) is 0 Å². The molecule has 14 heavy (non-hydrogen) atoms. The van der Waals surface area contributed by atoms with Crippen LogP contribution >= 0.6 is 0 Å². The molecule has 0 atom stereocenters. The molecule has 1 rings (SSSR count). The van der Waals surface area contributed by atoms with E-state index >= 15 is 0 Å². The zero-order valence-electron chi connectivity index (χ0n) is 7.93. The Morgan fingerprint density at radius 1 is 1.71 bits per heavy atom. The molecule has 0 saturated carbocycles. The lowest BCUT2D eigenvalue weighted by Gasteiger charge is -1.97. The first kappa shape index (κ1) is 10.4. The number of carbonyl (C=O) groups excluding carboxylic acids is 1. The molecular formula is C9H12N2O3. The van der Waals surface area contributed by atoms with Crippen molar-refractivity contribution < 1.29 is 14.7 Å². The highest BCUT2D eigenvalue weighted by atomic mass is 16.4. The molecule has 1 N–H and O–H groups in total. The van der Waals surface area contributed by atoms with Crippen molar-refractivity contribution in [3.63, 3.8) is 0 Å². The van der Waals surface area contributed by atoms with Crippen LogP contribution in [0.1, 0.15) is 28.9 Å². The van der Waals surface area contributed by atoms with E-state index in [2.05, 4.69) is 5.10 Å². The van der Waals surface area contributed by atoms with Gasteiger partial charge in [-0.25, -0.2) is 0 Å². The van der Waals surface area contributed by atoms with E-state index in [1.54, 1.807) is 17.8 Å². The van der Waals surface area contributed by atoms with Gasteiger partial charge in [0.15, 0.2) is 6.29 Å². The second-order valence-electron chi connectivity index (χ2n) is 3.08. The number of aliphatic carboxylic acids is 1. The van der Waals surface area contributed by atoms with E-state index in [0.29, 0.717) is 24.9 Å². The van der Waals surface area contributed by atoms with E-state index in [-0.39, 0.29) is 6.42 Å². The summed E-state index contributed by atoms with van der Waals surface area (Å²) < 4.78 is 1.60. The van der Waals surface area contributed by atoms with Crippen LogP contribution in [-0.4, -0.2) is 27.1 Å². The maximum Gasteiger partial charge on any atom is 0.303 e. The summed E-state index contributed by atoms with van der Waals surface area (Å²) >= 11 is 0. The SMILES string of the molecule is Cc1cn(CCCC(=O)O)nc1C=O. The van der Waals surface area contributed by atoms with Crippen molar-refractivity contribution >= 4 is 12.3 Å². The van der Waals surface area contributed by atoms with Crippen molar-refractivity contribution in [3.8, 4) is 0 Å². The molecule has 0 aromatic carbocycles. The molecule has 0 spiro atoms. The summed E-state index contributed by atoms with van der Waals surface area (Å²) in [5.41, 5.74) is 1.23. The van der Waals surface area contributed by atoms with Crippen molar-refractivity contribution in [3.05, 3.63) is 17.5 Å². The Morgan fingerprint density at radius 2 is 2.43 bits per heavy atom. The van der Waals surface area contributed by atoms with Gasteiger partial charge in [-0.2, -0.15) is 5.10 Å². The minimum absolute atomic E-state index is 0.120. The van der Waals surface area contributed by atoms with Crippen molar-refractivity contribution in [1.82, 2.24) is 9.78 Å². The molecule has 0 bridgehead atoms. The monoisotopic (exact) mass is 196 g/mol. The molecule has 1 aromatic heterocycles. The summed E-state index contributed by atoms with van der Waals surface area (Å²) in [6.07, 6.45) is 3.08. The predicted molar refractivity (Wildman–Crippen MR) is 49.2 cm³/mol.